The Labute approximate surface area is 75.3 Å². The molecule has 2 unspecified atom stereocenters. The van der Waals surface area contributed by atoms with E-state index in [0.29, 0.717) is 0 Å². The van der Waals surface area contributed by atoms with E-state index in [1.54, 1.807) is 0 Å². The van der Waals surface area contributed by atoms with Crippen LogP contribution in [0.25, 0.3) is 10.4 Å². The van der Waals surface area contributed by atoms with Gasteiger partial charge in [0.05, 0.1) is 6.17 Å². The lowest BCUT2D eigenvalue weighted by atomic mass is 9.97. The summed E-state index contributed by atoms with van der Waals surface area (Å²) in [5, 5.41) is 11.8. The summed E-state index contributed by atoms with van der Waals surface area (Å²) in [6, 6.07) is 0. The van der Waals surface area contributed by atoms with Crippen LogP contribution in [0.2, 0.25) is 0 Å². The van der Waals surface area contributed by atoms with E-state index >= 15 is 0 Å². The molecule has 0 aromatic heterocycles. The summed E-state index contributed by atoms with van der Waals surface area (Å²) in [5.74, 6) is -1.10. The van der Waals surface area contributed by atoms with E-state index in [2.05, 4.69) is 10.0 Å². The molecule has 0 aromatic rings. The summed E-state index contributed by atoms with van der Waals surface area (Å²) >= 11 is 0. The van der Waals surface area contributed by atoms with Crippen LogP contribution < -0.4 is 11.5 Å². The quantitative estimate of drug-likeness (QED) is 0.320. The molecule has 0 fully saturated rings. The van der Waals surface area contributed by atoms with Gasteiger partial charge in [0, 0.05) is 4.91 Å². The maximum absolute atomic E-state index is 10.5. The molecule has 0 aliphatic carbocycles. The normalized spacial score (nSPS) is 16.8. The zero-order valence-electron chi connectivity index (χ0n) is 7.34. The Kier molecular flexibility index (Phi) is 4.19. The number of rotatable bonds is 5. The highest BCUT2D eigenvalue weighted by Crippen LogP contribution is 2.10. The van der Waals surface area contributed by atoms with Crippen LogP contribution in [0.3, 0.4) is 0 Å². The van der Waals surface area contributed by atoms with Gasteiger partial charge in [-0.1, -0.05) is 5.11 Å². The number of carboxylic acid groups (broad SMARTS) is 1. The smallest absolute Gasteiger partial charge is 0.323 e. The summed E-state index contributed by atoms with van der Waals surface area (Å²) in [5.41, 5.74) is 17.4. The van der Waals surface area contributed by atoms with Gasteiger partial charge in [0.1, 0.15) is 5.54 Å². The van der Waals surface area contributed by atoms with E-state index in [-0.39, 0.29) is 12.8 Å². The van der Waals surface area contributed by atoms with E-state index in [4.69, 9.17) is 22.1 Å². The molecule has 0 heterocycles. The maximum atomic E-state index is 10.5. The van der Waals surface area contributed by atoms with E-state index in [0.717, 1.165) is 0 Å². The van der Waals surface area contributed by atoms with Crippen LogP contribution in [0, 0.1) is 0 Å². The number of nitrogens with two attached hydrogens (primary N) is 2. The third-order valence-electron chi connectivity index (χ3n) is 1.65. The summed E-state index contributed by atoms with van der Waals surface area (Å²) in [7, 11) is 0. The predicted molar refractivity (Wildman–Crippen MR) is 46.6 cm³/mol. The highest BCUT2D eigenvalue weighted by molar-refractivity contribution is 5.77. The molecule has 13 heavy (non-hydrogen) atoms. The molecule has 0 rings (SSSR count). The van der Waals surface area contributed by atoms with Gasteiger partial charge >= 0.3 is 5.97 Å². The summed E-state index contributed by atoms with van der Waals surface area (Å²) < 4.78 is 0. The molecule has 74 valence electrons. The fourth-order valence-electron chi connectivity index (χ4n) is 0.679. The van der Waals surface area contributed by atoms with Gasteiger partial charge in [-0.05, 0) is 25.3 Å². The fraction of sp³-hybridized carbons (Fsp3) is 0.833. The van der Waals surface area contributed by atoms with E-state index < -0.39 is 17.7 Å². The topological polar surface area (TPSA) is 138 Å². The molecule has 0 saturated carbocycles. The lowest BCUT2D eigenvalue weighted by Crippen LogP contribution is -2.45. The molecule has 5 N–H and O–H groups in total. The van der Waals surface area contributed by atoms with Gasteiger partial charge in [0.15, 0.2) is 0 Å². The minimum Gasteiger partial charge on any atom is -0.480 e. The van der Waals surface area contributed by atoms with Crippen molar-refractivity contribution in [3.05, 3.63) is 10.4 Å². The summed E-state index contributed by atoms with van der Waals surface area (Å²) in [4.78, 5) is 13.0. The van der Waals surface area contributed by atoms with Gasteiger partial charge in [-0.3, -0.25) is 4.79 Å². The second-order valence-electron chi connectivity index (χ2n) is 3.03. The van der Waals surface area contributed by atoms with Crippen LogP contribution in [0.1, 0.15) is 19.8 Å². The van der Waals surface area contributed by atoms with Crippen molar-refractivity contribution in [2.24, 2.45) is 16.6 Å². The molecule has 2 atom stereocenters. The van der Waals surface area contributed by atoms with Gasteiger partial charge in [-0.15, -0.1) is 0 Å². The average Bonchev–Trinajstić information content (AvgIpc) is 2.01. The molecule has 0 aromatic carbocycles. The summed E-state index contributed by atoms with van der Waals surface area (Å²) in [6.07, 6.45) is -0.293. The summed E-state index contributed by atoms with van der Waals surface area (Å²) in [6.45, 7) is 1.39. The fourth-order valence-corrected chi connectivity index (χ4v) is 0.679. The first kappa shape index (κ1) is 11.7. The molecule has 0 spiro atoms. The van der Waals surface area contributed by atoms with Gasteiger partial charge in [-0.2, -0.15) is 0 Å². The zero-order chi connectivity index (χ0) is 10.5. The monoisotopic (exact) mass is 187 g/mol. The van der Waals surface area contributed by atoms with E-state index in [1.165, 1.54) is 6.92 Å². The Morgan fingerprint density at radius 3 is 2.77 bits per heavy atom. The Morgan fingerprint density at radius 2 is 2.38 bits per heavy atom. The first-order chi connectivity index (χ1) is 5.90. The lowest BCUT2D eigenvalue weighted by molar-refractivity contribution is -0.142. The number of azide groups is 1. The third kappa shape index (κ3) is 4.32. The van der Waals surface area contributed by atoms with Crippen molar-refractivity contribution < 1.29 is 9.90 Å². The Hall–Kier alpha value is -1.30. The number of hydrogen-bond acceptors (Lipinski definition) is 4. The molecule has 0 radical (unpaired) electrons. The van der Waals surface area contributed by atoms with Crippen molar-refractivity contribution in [1.82, 2.24) is 0 Å². The van der Waals surface area contributed by atoms with Crippen molar-refractivity contribution in [3.8, 4) is 0 Å². The van der Waals surface area contributed by atoms with Crippen LogP contribution in [0.4, 0.5) is 0 Å². The Balaban J connectivity index is 4.01. The first-order valence-corrected chi connectivity index (χ1v) is 3.72. The Bertz CT molecular complexity index is 233. The second-order valence-corrected chi connectivity index (χ2v) is 3.03. The molecule has 7 heteroatoms. The maximum Gasteiger partial charge on any atom is 0.323 e. The number of nitrogens with zero attached hydrogens (tertiary/aromatic N) is 3. The SMILES string of the molecule is CC(N)(CCC(N)N=[N+]=[N-])C(=O)O. The van der Waals surface area contributed by atoms with Crippen LogP contribution in [-0.4, -0.2) is 22.8 Å². The number of aliphatic carboxylic acids is 1. The average molecular weight is 187 g/mol. The minimum atomic E-state index is -1.32. The highest BCUT2D eigenvalue weighted by atomic mass is 16.4. The van der Waals surface area contributed by atoms with Gasteiger partial charge < -0.3 is 16.6 Å². The molecule has 7 nitrogen and oxygen atoms in total. The molecule has 0 saturated heterocycles. The van der Waals surface area contributed by atoms with Crippen molar-refractivity contribution in [2.45, 2.75) is 31.5 Å². The number of hydrogen-bond donors (Lipinski definition) is 3. The molecular formula is C6H13N5O2. The number of carbonyl (C=O) groups is 1. The molecule has 0 amide bonds. The van der Waals surface area contributed by atoms with Crippen LogP contribution in [-0.2, 0) is 4.79 Å². The molecule has 0 bridgehead atoms. The standard InChI is InChI=1S/C6H13N5O2/c1-6(8,5(12)13)3-2-4(7)10-11-9/h4H,2-3,7-8H2,1H3,(H,12,13). The largest absolute Gasteiger partial charge is 0.480 e. The van der Waals surface area contributed by atoms with Gasteiger partial charge in [-0.25, -0.2) is 0 Å². The van der Waals surface area contributed by atoms with Gasteiger partial charge in [0.25, 0.3) is 0 Å². The predicted octanol–water partition coefficient (Wildman–Crippen LogP) is 0.164. The minimum absolute atomic E-state index is 0.169. The highest BCUT2D eigenvalue weighted by Gasteiger charge is 2.27. The second kappa shape index (κ2) is 4.66. The number of carboxylic acids is 1. The first-order valence-electron chi connectivity index (χ1n) is 3.72. The van der Waals surface area contributed by atoms with E-state index in [9.17, 15) is 4.79 Å². The van der Waals surface area contributed by atoms with Crippen molar-refractivity contribution >= 4 is 5.97 Å². The molecular weight excluding hydrogens is 174 g/mol. The van der Waals surface area contributed by atoms with Crippen molar-refractivity contribution in [3.63, 3.8) is 0 Å². The van der Waals surface area contributed by atoms with Crippen LogP contribution in [0.15, 0.2) is 5.11 Å². The van der Waals surface area contributed by atoms with Crippen molar-refractivity contribution in [1.29, 1.82) is 0 Å². The molecule has 0 aliphatic heterocycles. The van der Waals surface area contributed by atoms with Crippen molar-refractivity contribution in [2.75, 3.05) is 0 Å². The molecule has 0 aliphatic rings. The van der Waals surface area contributed by atoms with Crippen LogP contribution >= 0.6 is 0 Å². The third-order valence-corrected chi connectivity index (χ3v) is 1.65. The van der Waals surface area contributed by atoms with E-state index in [1.807, 2.05) is 0 Å². The lowest BCUT2D eigenvalue weighted by Gasteiger charge is -2.19. The Morgan fingerprint density at radius 1 is 1.85 bits per heavy atom. The zero-order valence-corrected chi connectivity index (χ0v) is 7.34. The van der Waals surface area contributed by atoms with Gasteiger partial charge in [0.2, 0.25) is 0 Å². The van der Waals surface area contributed by atoms with Crippen LogP contribution in [0.5, 0.6) is 0 Å².